The minimum atomic E-state index is -0.138. The maximum Gasteiger partial charge on any atom is 0.131 e. The lowest BCUT2D eigenvalue weighted by molar-refractivity contribution is 0.628. The standard InChI is InChI=1S/C46H33FS/c47-41-29-36(44(32-17-8-3-9-18-32)38-20-12-22-43-46(38)37-19-10-11-21-42(37)48-43)27-35-26-33-23-24-34(28-40(33)45(35)41)39(31-15-6-2-7-16-31)25-30-13-4-1-5-14-30/h1-24,27-29,39,44H,25-26H2. The van der Waals surface area contributed by atoms with Crippen molar-refractivity contribution >= 4 is 31.5 Å². The summed E-state index contributed by atoms with van der Waals surface area (Å²) in [5.41, 5.74) is 11.2. The third kappa shape index (κ3) is 5.05. The van der Waals surface area contributed by atoms with E-state index in [-0.39, 0.29) is 17.7 Å². The molecule has 1 aromatic heterocycles. The molecule has 0 saturated heterocycles. The fourth-order valence-electron chi connectivity index (χ4n) is 7.90. The van der Waals surface area contributed by atoms with Crippen molar-refractivity contribution in [1.29, 1.82) is 0 Å². The number of hydrogen-bond donors (Lipinski definition) is 0. The van der Waals surface area contributed by atoms with Gasteiger partial charge in [0.2, 0.25) is 0 Å². The predicted octanol–water partition coefficient (Wildman–Crippen LogP) is 12.3. The topological polar surface area (TPSA) is 0 Å². The Hall–Kier alpha value is -5.31. The zero-order valence-electron chi connectivity index (χ0n) is 26.4. The SMILES string of the molecule is Fc1cc(C(c2ccccc2)c2cccc3sc4ccccc4c23)cc2c1-c1cc(C(Cc3ccccc3)c3ccccc3)ccc1C2. The van der Waals surface area contributed by atoms with Gasteiger partial charge in [0.15, 0.2) is 0 Å². The van der Waals surface area contributed by atoms with Gasteiger partial charge in [-0.2, -0.15) is 0 Å². The molecule has 0 fully saturated rings. The van der Waals surface area contributed by atoms with Crippen LogP contribution >= 0.6 is 11.3 Å². The van der Waals surface area contributed by atoms with Gasteiger partial charge in [-0.25, -0.2) is 4.39 Å². The summed E-state index contributed by atoms with van der Waals surface area (Å²) in [5.74, 6) is -0.0602. The van der Waals surface area contributed by atoms with Gasteiger partial charge in [0.05, 0.1) is 0 Å². The molecular weight excluding hydrogens is 604 g/mol. The molecule has 0 N–H and O–H groups in total. The molecule has 2 atom stereocenters. The van der Waals surface area contributed by atoms with Crippen molar-refractivity contribution in [2.75, 3.05) is 0 Å². The van der Waals surface area contributed by atoms with E-state index >= 15 is 4.39 Å². The Bertz CT molecular complexity index is 2410. The van der Waals surface area contributed by atoms with E-state index < -0.39 is 0 Å². The van der Waals surface area contributed by atoms with Crippen LogP contribution in [0.25, 0.3) is 31.3 Å². The van der Waals surface area contributed by atoms with E-state index in [0.717, 1.165) is 35.1 Å². The number of fused-ring (bicyclic) bond motifs is 6. The maximum atomic E-state index is 16.7. The van der Waals surface area contributed by atoms with Gasteiger partial charge in [0, 0.05) is 37.6 Å². The second-order valence-corrected chi connectivity index (χ2v) is 14.0. The Morgan fingerprint density at radius 1 is 0.542 bits per heavy atom. The minimum absolute atomic E-state index is 0.0969. The van der Waals surface area contributed by atoms with Gasteiger partial charge < -0.3 is 0 Å². The van der Waals surface area contributed by atoms with Crippen molar-refractivity contribution < 1.29 is 4.39 Å². The first-order chi connectivity index (χ1) is 23.7. The molecule has 1 heterocycles. The largest absolute Gasteiger partial charge is 0.206 e. The summed E-state index contributed by atoms with van der Waals surface area (Å²) in [6.07, 6.45) is 1.62. The van der Waals surface area contributed by atoms with Crippen LogP contribution in [0.2, 0.25) is 0 Å². The molecule has 9 rings (SSSR count). The number of hydrogen-bond acceptors (Lipinski definition) is 1. The molecule has 7 aromatic carbocycles. The highest BCUT2D eigenvalue weighted by Gasteiger charge is 2.28. The van der Waals surface area contributed by atoms with Crippen molar-refractivity contribution in [3.05, 3.63) is 214 Å². The maximum absolute atomic E-state index is 16.7. The molecule has 0 amide bonds. The first-order valence-corrected chi connectivity index (χ1v) is 17.5. The van der Waals surface area contributed by atoms with Gasteiger partial charge in [-0.1, -0.05) is 146 Å². The first-order valence-electron chi connectivity index (χ1n) is 16.7. The highest BCUT2D eigenvalue weighted by Crippen LogP contribution is 2.46. The Morgan fingerprint density at radius 3 is 2.02 bits per heavy atom. The van der Waals surface area contributed by atoms with Gasteiger partial charge in [-0.15, -0.1) is 11.3 Å². The second kappa shape index (κ2) is 12.0. The van der Waals surface area contributed by atoms with Crippen LogP contribution in [-0.2, 0) is 12.8 Å². The van der Waals surface area contributed by atoms with Crippen LogP contribution < -0.4 is 0 Å². The van der Waals surface area contributed by atoms with Gasteiger partial charge in [0.1, 0.15) is 5.82 Å². The molecule has 2 unspecified atom stereocenters. The van der Waals surface area contributed by atoms with Gasteiger partial charge in [0.25, 0.3) is 0 Å². The van der Waals surface area contributed by atoms with E-state index in [4.69, 9.17) is 0 Å². The molecule has 1 aliphatic carbocycles. The van der Waals surface area contributed by atoms with Gasteiger partial charge >= 0.3 is 0 Å². The lowest BCUT2D eigenvalue weighted by atomic mass is 9.82. The minimum Gasteiger partial charge on any atom is -0.206 e. The number of halogens is 1. The normalized spacial score (nSPS) is 13.4. The lowest BCUT2D eigenvalue weighted by Gasteiger charge is -2.22. The monoisotopic (exact) mass is 636 g/mol. The fraction of sp³-hybridized carbons (Fsp3) is 0.0870. The second-order valence-electron chi connectivity index (χ2n) is 12.9. The average molecular weight is 637 g/mol. The van der Waals surface area contributed by atoms with Crippen LogP contribution in [0.15, 0.2) is 164 Å². The summed E-state index contributed by atoms with van der Waals surface area (Å²) in [6, 6.07) is 58.1. The number of benzene rings is 7. The Kier molecular flexibility index (Phi) is 7.25. The van der Waals surface area contributed by atoms with Crippen LogP contribution in [0.3, 0.4) is 0 Å². The summed E-state index contributed by atoms with van der Waals surface area (Å²) in [4.78, 5) is 0. The van der Waals surface area contributed by atoms with E-state index in [2.05, 4.69) is 158 Å². The van der Waals surface area contributed by atoms with Crippen LogP contribution in [-0.4, -0.2) is 0 Å². The van der Waals surface area contributed by atoms with Crippen molar-refractivity contribution in [1.82, 2.24) is 0 Å². The molecule has 8 aromatic rings. The predicted molar refractivity (Wildman–Crippen MR) is 200 cm³/mol. The third-order valence-electron chi connectivity index (χ3n) is 10.1. The summed E-state index contributed by atoms with van der Waals surface area (Å²) >= 11 is 1.83. The van der Waals surface area contributed by atoms with Crippen LogP contribution in [0.1, 0.15) is 56.3 Å². The lowest BCUT2D eigenvalue weighted by Crippen LogP contribution is -2.06. The summed E-state index contributed by atoms with van der Waals surface area (Å²) in [7, 11) is 0. The van der Waals surface area contributed by atoms with E-state index in [0.29, 0.717) is 0 Å². The molecule has 1 aliphatic rings. The summed E-state index contributed by atoms with van der Waals surface area (Å²) in [5, 5.41) is 2.53. The quantitative estimate of drug-likeness (QED) is 0.153. The molecule has 0 nitrogen and oxygen atoms in total. The summed E-state index contributed by atoms with van der Waals surface area (Å²) in [6.45, 7) is 0. The Morgan fingerprint density at radius 2 is 1.23 bits per heavy atom. The molecule has 0 aliphatic heterocycles. The van der Waals surface area contributed by atoms with Crippen LogP contribution in [0.5, 0.6) is 0 Å². The van der Waals surface area contributed by atoms with Crippen molar-refractivity contribution in [3.63, 3.8) is 0 Å². The van der Waals surface area contributed by atoms with E-state index in [1.165, 1.54) is 53.6 Å². The van der Waals surface area contributed by atoms with Gasteiger partial charge in [-0.05, 0) is 81.1 Å². The molecule has 2 heteroatoms. The highest BCUT2D eigenvalue weighted by atomic mass is 32.1. The molecule has 48 heavy (non-hydrogen) atoms. The van der Waals surface area contributed by atoms with Crippen molar-refractivity contribution in [3.8, 4) is 11.1 Å². The smallest absolute Gasteiger partial charge is 0.131 e. The molecule has 0 bridgehead atoms. The first kappa shape index (κ1) is 28.9. The third-order valence-corrected chi connectivity index (χ3v) is 11.2. The zero-order valence-corrected chi connectivity index (χ0v) is 27.3. The van der Waals surface area contributed by atoms with E-state index in [1.807, 2.05) is 17.4 Å². The van der Waals surface area contributed by atoms with Crippen LogP contribution in [0, 0.1) is 5.82 Å². The summed E-state index contributed by atoms with van der Waals surface area (Å²) < 4.78 is 19.3. The molecule has 0 spiro atoms. The van der Waals surface area contributed by atoms with Crippen molar-refractivity contribution in [2.24, 2.45) is 0 Å². The van der Waals surface area contributed by atoms with Crippen LogP contribution in [0.4, 0.5) is 4.39 Å². The molecular formula is C46H33FS. The average Bonchev–Trinajstić information content (AvgIpc) is 3.71. The van der Waals surface area contributed by atoms with Gasteiger partial charge in [-0.3, -0.25) is 0 Å². The number of rotatable bonds is 7. The highest BCUT2D eigenvalue weighted by molar-refractivity contribution is 7.25. The van der Waals surface area contributed by atoms with Crippen molar-refractivity contribution in [2.45, 2.75) is 24.7 Å². The number of thiophene rings is 1. The molecule has 230 valence electrons. The molecule has 0 saturated carbocycles. The van der Waals surface area contributed by atoms with E-state index in [9.17, 15) is 0 Å². The fourth-order valence-corrected chi connectivity index (χ4v) is 9.04. The van der Waals surface area contributed by atoms with E-state index in [1.54, 1.807) is 0 Å². The Labute approximate surface area is 284 Å². The molecule has 0 radical (unpaired) electrons. The Balaban J connectivity index is 1.17. The zero-order chi connectivity index (χ0) is 32.0.